The standard InChI is InChI=1S/C43H81NO9/c1-5-9-13-16-26-38(24-11-7-3)42(48)52-36-22-20-34-50-40(46)28-31-44(30-18-15-19-33-45)32-29-41(47)51-35-21-23-37-53-43(49)39(25-12-8-4)27-17-14-10-6-2/h38-39,45H,5-37H2,1-4H3. The monoisotopic (exact) mass is 756 g/mol. The second kappa shape index (κ2) is 38.1. The molecule has 10 nitrogen and oxygen atoms in total. The average molecular weight is 756 g/mol. The number of carbonyl (C=O) groups excluding carboxylic acids is 4. The molecule has 0 amide bonds. The maximum atomic E-state index is 12.6. The topological polar surface area (TPSA) is 129 Å². The van der Waals surface area contributed by atoms with E-state index in [1.54, 1.807) is 0 Å². The van der Waals surface area contributed by atoms with Crippen molar-refractivity contribution in [3.8, 4) is 0 Å². The first kappa shape index (κ1) is 50.8. The zero-order valence-corrected chi connectivity index (χ0v) is 34.6. The number of carbonyl (C=O) groups is 4. The number of aliphatic hydroxyl groups excluding tert-OH is 1. The van der Waals surface area contributed by atoms with Crippen molar-refractivity contribution in [3.05, 3.63) is 0 Å². The van der Waals surface area contributed by atoms with E-state index in [1.807, 2.05) is 0 Å². The minimum absolute atomic E-state index is 0.0147. The molecule has 0 aromatic rings. The predicted octanol–water partition coefficient (Wildman–Crippen LogP) is 9.52. The number of unbranched alkanes of at least 4 members (excludes halogenated alkanes) is 12. The van der Waals surface area contributed by atoms with E-state index in [4.69, 9.17) is 24.1 Å². The normalized spacial score (nSPS) is 12.4. The molecule has 0 saturated carbocycles. The Morgan fingerprint density at radius 3 is 1.21 bits per heavy atom. The maximum absolute atomic E-state index is 12.6. The molecule has 0 radical (unpaired) electrons. The van der Waals surface area contributed by atoms with Gasteiger partial charge in [-0.1, -0.05) is 105 Å². The summed E-state index contributed by atoms with van der Waals surface area (Å²) >= 11 is 0. The third-order valence-corrected chi connectivity index (χ3v) is 9.78. The first-order chi connectivity index (χ1) is 25.8. The zero-order valence-electron chi connectivity index (χ0n) is 34.6. The summed E-state index contributed by atoms with van der Waals surface area (Å²) in [4.78, 5) is 52.3. The number of ether oxygens (including phenoxy) is 4. The van der Waals surface area contributed by atoms with Gasteiger partial charge in [-0.3, -0.25) is 19.2 Å². The highest BCUT2D eigenvalue weighted by Gasteiger charge is 2.20. The van der Waals surface area contributed by atoms with Gasteiger partial charge in [-0.2, -0.15) is 0 Å². The average Bonchev–Trinajstić information content (AvgIpc) is 3.15. The van der Waals surface area contributed by atoms with Crippen LogP contribution >= 0.6 is 0 Å². The Morgan fingerprint density at radius 1 is 0.434 bits per heavy atom. The largest absolute Gasteiger partial charge is 0.466 e. The lowest BCUT2D eigenvalue weighted by molar-refractivity contribution is -0.150. The van der Waals surface area contributed by atoms with E-state index in [2.05, 4.69) is 32.6 Å². The van der Waals surface area contributed by atoms with E-state index in [0.29, 0.717) is 58.5 Å². The van der Waals surface area contributed by atoms with Gasteiger partial charge in [-0.25, -0.2) is 0 Å². The lowest BCUT2D eigenvalue weighted by Crippen LogP contribution is -2.30. The Hall–Kier alpha value is -2.20. The molecule has 0 heterocycles. The number of esters is 4. The molecule has 2 atom stereocenters. The highest BCUT2D eigenvalue weighted by molar-refractivity contribution is 5.73. The van der Waals surface area contributed by atoms with Crippen LogP contribution in [0.15, 0.2) is 0 Å². The summed E-state index contributed by atoms with van der Waals surface area (Å²) in [5.74, 6) is -0.784. The van der Waals surface area contributed by atoms with E-state index in [1.165, 1.54) is 25.7 Å². The second-order valence-electron chi connectivity index (χ2n) is 14.7. The molecule has 1 N–H and O–H groups in total. The van der Waals surface area contributed by atoms with Crippen molar-refractivity contribution in [1.82, 2.24) is 4.90 Å². The van der Waals surface area contributed by atoms with Crippen LogP contribution in [0, 0.1) is 11.8 Å². The van der Waals surface area contributed by atoms with Crippen molar-refractivity contribution < 1.29 is 43.2 Å². The van der Waals surface area contributed by atoms with Crippen LogP contribution < -0.4 is 0 Å². The van der Waals surface area contributed by atoms with Gasteiger partial charge >= 0.3 is 23.9 Å². The van der Waals surface area contributed by atoms with Crippen molar-refractivity contribution >= 4 is 23.9 Å². The van der Waals surface area contributed by atoms with Gasteiger partial charge in [0.1, 0.15) is 0 Å². The van der Waals surface area contributed by atoms with Crippen molar-refractivity contribution in [2.75, 3.05) is 52.7 Å². The van der Waals surface area contributed by atoms with Crippen molar-refractivity contribution in [2.45, 2.75) is 188 Å². The van der Waals surface area contributed by atoms with Crippen LogP contribution in [0.1, 0.15) is 188 Å². The quantitative estimate of drug-likeness (QED) is 0.0368. The summed E-state index contributed by atoms with van der Waals surface area (Å²) < 4.78 is 22.0. The van der Waals surface area contributed by atoms with Crippen molar-refractivity contribution in [3.63, 3.8) is 0 Å². The molecule has 0 aliphatic rings. The molecule has 0 saturated heterocycles. The smallest absolute Gasteiger partial charge is 0.308 e. The predicted molar refractivity (Wildman–Crippen MR) is 212 cm³/mol. The molecule has 312 valence electrons. The van der Waals surface area contributed by atoms with Gasteiger partial charge in [0.25, 0.3) is 0 Å². The van der Waals surface area contributed by atoms with Gasteiger partial charge in [-0.05, 0) is 77.2 Å². The molecule has 0 rings (SSSR count). The molecular formula is C43H81NO9. The molecular weight excluding hydrogens is 674 g/mol. The van der Waals surface area contributed by atoms with Crippen LogP contribution in [-0.4, -0.2) is 86.6 Å². The van der Waals surface area contributed by atoms with Gasteiger partial charge in [0, 0.05) is 19.7 Å². The lowest BCUT2D eigenvalue weighted by Gasteiger charge is -2.21. The molecule has 0 aromatic heterocycles. The minimum atomic E-state index is -0.287. The van der Waals surface area contributed by atoms with E-state index in [9.17, 15) is 19.2 Å². The SMILES string of the molecule is CCCCCCC(CCCC)C(=O)OCCCCOC(=O)CCN(CCCCCO)CCC(=O)OCCCCOC(=O)C(CCCC)CCCCCC. The van der Waals surface area contributed by atoms with Crippen LogP contribution in [0.2, 0.25) is 0 Å². The van der Waals surface area contributed by atoms with Crippen LogP contribution in [0.4, 0.5) is 0 Å². The molecule has 53 heavy (non-hydrogen) atoms. The molecule has 2 unspecified atom stereocenters. The van der Waals surface area contributed by atoms with Crippen LogP contribution in [0.3, 0.4) is 0 Å². The lowest BCUT2D eigenvalue weighted by atomic mass is 9.95. The molecule has 0 spiro atoms. The maximum Gasteiger partial charge on any atom is 0.308 e. The van der Waals surface area contributed by atoms with Gasteiger partial charge in [-0.15, -0.1) is 0 Å². The number of rotatable bonds is 39. The van der Waals surface area contributed by atoms with Gasteiger partial charge < -0.3 is 29.0 Å². The fraction of sp³-hybridized carbons (Fsp3) is 0.907. The minimum Gasteiger partial charge on any atom is -0.466 e. The highest BCUT2D eigenvalue weighted by atomic mass is 16.5. The van der Waals surface area contributed by atoms with E-state index >= 15 is 0 Å². The first-order valence-electron chi connectivity index (χ1n) is 21.8. The molecule has 0 bridgehead atoms. The number of nitrogens with zero attached hydrogens (tertiary/aromatic N) is 1. The Bertz CT molecular complexity index is 820. The fourth-order valence-electron chi connectivity index (χ4n) is 6.26. The third-order valence-electron chi connectivity index (χ3n) is 9.78. The Balaban J connectivity index is 4.37. The van der Waals surface area contributed by atoms with Gasteiger partial charge in [0.15, 0.2) is 0 Å². The van der Waals surface area contributed by atoms with E-state index in [-0.39, 0.29) is 68.4 Å². The Kier molecular flexibility index (Phi) is 36.5. The fourth-order valence-corrected chi connectivity index (χ4v) is 6.26. The van der Waals surface area contributed by atoms with Crippen molar-refractivity contribution in [1.29, 1.82) is 0 Å². The summed E-state index contributed by atoms with van der Waals surface area (Å²) in [6, 6.07) is 0. The molecule has 0 aromatic carbocycles. The zero-order chi connectivity index (χ0) is 39.2. The first-order valence-corrected chi connectivity index (χ1v) is 21.8. The summed E-state index contributed by atoms with van der Waals surface area (Å²) in [5.41, 5.74) is 0. The van der Waals surface area contributed by atoms with Gasteiger partial charge in [0.2, 0.25) is 0 Å². The second-order valence-corrected chi connectivity index (χ2v) is 14.7. The van der Waals surface area contributed by atoms with E-state index < -0.39 is 0 Å². The third kappa shape index (κ3) is 31.8. The molecule has 0 aliphatic heterocycles. The number of aliphatic hydroxyl groups is 1. The van der Waals surface area contributed by atoms with Gasteiger partial charge in [0.05, 0.1) is 51.1 Å². The summed E-state index contributed by atoms with van der Waals surface area (Å²) in [6.45, 7) is 11.7. The van der Waals surface area contributed by atoms with Crippen LogP contribution in [0.25, 0.3) is 0 Å². The van der Waals surface area contributed by atoms with E-state index in [0.717, 1.165) is 96.3 Å². The van der Waals surface area contributed by atoms with Crippen molar-refractivity contribution in [2.24, 2.45) is 11.8 Å². The van der Waals surface area contributed by atoms with Crippen LogP contribution in [-0.2, 0) is 38.1 Å². The Labute approximate surface area is 324 Å². The molecule has 0 fully saturated rings. The molecule has 10 heteroatoms. The summed E-state index contributed by atoms with van der Waals surface area (Å²) in [6.07, 6.45) is 22.4. The Morgan fingerprint density at radius 2 is 0.811 bits per heavy atom. The number of hydrogen-bond acceptors (Lipinski definition) is 10. The summed E-state index contributed by atoms with van der Waals surface area (Å²) in [5, 5.41) is 9.13. The summed E-state index contributed by atoms with van der Waals surface area (Å²) in [7, 11) is 0. The van der Waals surface area contributed by atoms with Crippen LogP contribution in [0.5, 0.6) is 0 Å². The number of hydrogen-bond donors (Lipinski definition) is 1. The molecule has 0 aliphatic carbocycles. The highest BCUT2D eigenvalue weighted by Crippen LogP contribution is 2.20.